The van der Waals surface area contributed by atoms with Gasteiger partial charge in [-0.2, -0.15) is 0 Å². The Morgan fingerprint density at radius 2 is 1.12 bits per heavy atom. The first-order valence-electron chi connectivity index (χ1n) is 10.8. The maximum atomic E-state index is 13.0. The summed E-state index contributed by atoms with van der Waals surface area (Å²) in [5, 5.41) is 19.1. The van der Waals surface area contributed by atoms with Crippen molar-refractivity contribution in [2.24, 2.45) is 0 Å². The summed E-state index contributed by atoms with van der Waals surface area (Å²) >= 11 is 0. The average molecular weight is 439 g/mol. The van der Waals surface area contributed by atoms with E-state index >= 15 is 0 Å². The van der Waals surface area contributed by atoms with Crippen LogP contribution in [-0.4, -0.2) is 23.1 Å². The van der Waals surface area contributed by atoms with Crippen molar-refractivity contribution >= 4 is 5.78 Å². The Balaban J connectivity index is 1.54. The van der Waals surface area contributed by atoms with Crippen LogP contribution in [0.25, 0.3) is 22.3 Å². The molecule has 0 heterocycles. The Morgan fingerprint density at radius 1 is 0.667 bits per heavy atom. The standard InChI is InChI=1S/C29H26O4/c1-19-3-4-24(15-26(19)17-30)20-5-9-22(10-6-20)29(32)23-11-7-21(8-12-23)25-13-14-28(33-2)27(16-25)18-31/h3-16,30-31H,17-18H2,1-2H3. The van der Waals surface area contributed by atoms with E-state index in [0.717, 1.165) is 38.9 Å². The molecule has 4 heteroatoms. The third kappa shape index (κ3) is 4.72. The molecule has 166 valence electrons. The van der Waals surface area contributed by atoms with E-state index in [2.05, 4.69) is 0 Å². The number of rotatable bonds is 7. The molecule has 0 saturated carbocycles. The SMILES string of the molecule is COc1ccc(-c2ccc(C(=O)c3ccc(-c4ccc(C)c(CO)c4)cc3)cc2)cc1CO. The van der Waals surface area contributed by atoms with E-state index in [-0.39, 0.29) is 19.0 Å². The number of aryl methyl sites for hydroxylation is 1. The topological polar surface area (TPSA) is 66.8 Å². The minimum atomic E-state index is -0.104. The summed E-state index contributed by atoms with van der Waals surface area (Å²) in [4.78, 5) is 13.0. The van der Waals surface area contributed by atoms with Gasteiger partial charge in [-0.3, -0.25) is 4.79 Å². The summed E-state index contributed by atoms with van der Waals surface area (Å²) < 4.78 is 5.26. The number of aliphatic hydroxyl groups excluding tert-OH is 2. The van der Waals surface area contributed by atoms with Gasteiger partial charge in [0.2, 0.25) is 0 Å². The van der Waals surface area contributed by atoms with Crippen molar-refractivity contribution < 1.29 is 19.7 Å². The second-order valence-corrected chi connectivity index (χ2v) is 7.97. The quantitative estimate of drug-likeness (QED) is 0.371. The van der Waals surface area contributed by atoms with Crippen LogP contribution in [-0.2, 0) is 13.2 Å². The first-order chi connectivity index (χ1) is 16.0. The maximum Gasteiger partial charge on any atom is 0.193 e. The highest BCUT2D eigenvalue weighted by Crippen LogP contribution is 2.28. The van der Waals surface area contributed by atoms with Crippen molar-refractivity contribution in [2.75, 3.05) is 7.11 Å². The fourth-order valence-corrected chi connectivity index (χ4v) is 3.90. The van der Waals surface area contributed by atoms with Crippen LogP contribution in [0.4, 0.5) is 0 Å². The molecular formula is C29H26O4. The molecule has 0 aliphatic rings. The van der Waals surface area contributed by atoms with E-state index in [4.69, 9.17) is 4.74 Å². The van der Waals surface area contributed by atoms with Gasteiger partial charge in [-0.25, -0.2) is 0 Å². The summed E-state index contributed by atoms with van der Waals surface area (Å²) in [6.45, 7) is 1.88. The van der Waals surface area contributed by atoms with Crippen molar-refractivity contribution in [1.29, 1.82) is 0 Å². The molecule has 4 nitrogen and oxygen atoms in total. The molecule has 4 aromatic carbocycles. The molecule has 0 spiro atoms. The van der Waals surface area contributed by atoms with Crippen molar-refractivity contribution in [3.63, 3.8) is 0 Å². The molecule has 0 bridgehead atoms. The lowest BCUT2D eigenvalue weighted by Crippen LogP contribution is -2.01. The summed E-state index contributed by atoms with van der Waals surface area (Å²) in [6, 6.07) is 26.6. The van der Waals surface area contributed by atoms with Crippen LogP contribution >= 0.6 is 0 Å². The third-order valence-electron chi connectivity index (χ3n) is 5.93. The summed E-state index contributed by atoms with van der Waals surface area (Å²) in [6.07, 6.45) is 0. The zero-order chi connectivity index (χ0) is 23.4. The number of benzene rings is 4. The molecule has 0 aromatic heterocycles. The second kappa shape index (κ2) is 9.82. The molecule has 0 unspecified atom stereocenters. The highest BCUT2D eigenvalue weighted by atomic mass is 16.5. The van der Waals surface area contributed by atoms with Gasteiger partial charge in [-0.05, 0) is 58.5 Å². The third-order valence-corrected chi connectivity index (χ3v) is 5.93. The van der Waals surface area contributed by atoms with Crippen LogP contribution in [0.15, 0.2) is 84.9 Å². The molecule has 0 fully saturated rings. The normalized spacial score (nSPS) is 10.8. The molecule has 0 aliphatic heterocycles. The van der Waals surface area contributed by atoms with Crippen LogP contribution in [0, 0.1) is 6.92 Å². The fourth-order valence-electron chi connectivity index (χ4n) is 3.90. The zero-order valence-electron chi connectivity index (χ0n) is 18.7. The van der Waals surface area contributed by atoms with E-state index in [1.165, 1.54) is 0 Å². The van der Waals surface area contributed by atoms with Gasteiger partial charge in [0.15, 0.2) is 5.78 Å². The van der Waals surface area contributed by atoms with Gasteiger partial charge in [0, 0.05) is 16.7 Å². The van der Waals surface area contributed by atoms with Crippen LogP contribution in [0.5, 0.6) is 5.75 Å². The Morgan fingerprint density at radius 3 is 1.61 bits per heavy atom. The largest absolute Gasteiger partial charge is 0.496 e. The van der Waals surface area contributed by atoms with E-state index in [1.54, 1.807) is 7.11 Å². The van der Waals surface area contributed by atoms with Gasteiger partial charge in [0.05, 0.1) is 20.3 Å². The molecule has 0 aliphatic carbocycles. The van der Waals surface area contributed by atoms with Gasteiger partial charge >= 0.3 is 0 Å². The van der Waals surface area contributed by atoms with E-state index in [9.17, 15) is 15.0 Å². The first-order valence-corrected chi connectivity index (χ1v) is 10.8. The number of aliphatic hydroxyl groups is 2. The molecule has 4 rings (SSSR count). The van der Waals surface area contributed by atoms with E-state index in [1.807, 2.05) is 91.9 Å². The van der Waals surface area contributed by atoms with Crippen LogP contribution in [0.2, 0.25) is 0 Å². The van der Waals surface area contributed by atoms with Crippen molar-refractivity contribution in [1.82, 2.24) is 0 Å². The Labute approximate surface area is 193 Å². The Hall–Kier alpha value is -3.73. The Bertz CT molecular complexity index is 1270. The van der Waals surface area contributed by atoms with Crippen LogP contribution in [0.3, 0.4) is 0 Å². The molecule has 33 heavy (non-hydrogen) atoms. The minimum absolute atomic E-state index is 0.00404. The van der Waals surface area contributed by atoms with Crippen LogP contribution in [0.1, 0.15) is 32.6 Å². The average Bonchev–Trinajstić information content (AvgIpc) is 2.88. The lowest BCUT2D eigenvalue weighted by Gasteiger charge is -2.10. The minimum Gasteiger partial charge on any atom is -0.496 e. The summed E-state index contributed by atoms with van der Waals surface area (Å²) in [5.41, 5.74) is 7.81. The predicted octanol–water partition coefficient (Wildman–Crippen LogP) is 5.55. The number of carbonyl (C=O) groups excluding carboxylic acids is 1. The van der Waals surface area contributed by atoms with Crippen molar-refractivity contribution in [3.8, 4) is 28.0 Å². The smallest absolute Gasteiger partial charge is 0.193 e. The number of hydrogen-bond acceptors (Lipinski definition) is 4. The van der Waals surface area contributed by atoms with Gasteiger partial charge in [-0.15, -0.1) is 0 Å². The van der Waals surface area contributed by atoms with Crippen molar-refractivity contribution in [3.05, 3.63) is 113 Å². The van der Waals surface area contributed by atoms with Crippen LogP contribution < -0.4 is 4.74 Å². The van der Waals surface area contributed by atoms with Gasteiger partial charge in [-0.1, -0.05) is 66.7 Å². The lowest BCUT2D eigenvalue weighted by molar-refractivity contribution is 0.103. The van der Waals surface area contributed by atoms with Gasteiger partial charge < -0.3 is 14.9 Å². The summed E-state index contributed by atoms with van der Waals surface area (Å²) in [7, 11) is 1.58. The monoisotopic (exact) mass is 438 g/mol. The van der Waals surface area contributed by atoms with Gasteiger partial charge in [0.1, 0.15) is 5.75 Å². The molecule has 2 N–H and O–H groups in total. The maximum absolute atomic E-state index is 13.0. The molecule has 0 saturated heterocycles. The zero-order valence-corrected chi connectivity index (χ0v) is 18.7. The molecule has 4 aromatic rings. The predicted molar refractivity (Wildman–Crippen MR) is 130 cm³/mol. The number of ketones is 1. The number of hydrogen-bond donors (Lipinski definition) is 2. The first kappa shape index (κ1) is 22.5. The summed E-state index contributed by atoms with van der Waals surface area (Å²) in [5.74, 6) is 0.605. The molecule has 0 atom stereocenters. The molecule has 0 radical (unpaired) electrons. The lowest BCUT2D eigenvalue weighted by atomic mass is 9.96. The molecule has 0 amide bonds. The highest BCUT2D eigenvalue weighted by molar-refractivity contribution is 6.09. The van der Waals surface area contributed by atoms with E-state index in [0.29, 0.717) is 16.9 Å². The Kier molecular flexibility index (Phi) is 6.68. The van der Waals surface area contributed by atoms with E-state index < -0.39 is 0 Å². The number of carbonyl (C=O) groups is 1. The molecular weight excluding hydrogens is 412 g/mol. The second-order valence-electron chi connectivity index (χ2n) is 7.97. The van der Waals surface area contributed by atoms with Gasteiger partial charge in [0.25, 0.3) is 0 Å². The highest BCUT2D eigenvalue weighted by Gasteiger charge is 2.11. The number of methoxy groups -OCH3 is 1. The van der Waals surface area contributed by atoms with Crippen molar-refractivity contribution in [2.45, 2.75) is 20.1 Å². The number of ether oxygens (including phenoxy) is 1. The fraction of sp³-hybridized carbons (Fsp3) is 0.138.